The van der Waals surface area contributed by atoms with Gasteiger partial charge in [-0.25, -0.2) is 4.79 Å². The van der Waals surface area contributed by atoms with E-state index in [1.807, 2.05) is 25.1 Å². The second kappa shape index (κ2) is 5.04. The smallest absolute Gasteiger partial charge is 0.408 e. The van der Waals surface area contributed by atoms with E-state index in [1.54, 1.807) is 4.57 Å². The maximum Gasteiger partial charge on any atom is 0.419 e. The molecule has 4 heteroatoms. The highest BCUT2D eigenvalue weighted by Gasteiger charge is 2.24. The van der Waals surface area contributed by atoms with E-state index in [1.165, 1.54) is 0 Å². The lowest BCUT2D eigenvalue weighted by atomic mass is 9.87. The van der Waals surface area contributed by atoms with Crippen molar-refractivity contribution in [3.63, 3.8) is 0 Å². The molecule has 1 aromatic heterocycles. The van der Waals surface area contributed by atoms with Gasteiger partial charge in [-0.1, -0.05) is 33.8 Å². The molecule has 0 fully saturated rings. The zero-order valence-electron chi connectivity index (χ0n) is 11.9. The Labute approximate surface area is 118 Å². The molecule has 0 saturated heterocycles. The number of aromatic nitrogens is 1. The lowest BCUT2D eigenvalue weighted by molar-refractivity contribution is 0.396. The van der Waals surface area contributed by atoms with Gasteiger partial charge in [0.15, 0.2) is 5.58 Å². The lowest BCUT2D eigenvalue weighted by Gasteiger charge is -2.25. The molecule has 0 saturated carbocycles. The zero-order valence-corrected chi connectivity index (χ0v) is 12.6. The van der Waals surface area contributed by atoms with Crippen molar-refractivity contribution in [1.29, 1.82) is 0 Å². The number of oxazole rings is 1. The van der Waals surface area contributed by atoms with Crippen molar-refractivity contribution in [3.8, 4) is 0 Å². The van der Waals surface area contributed by atoms with Crippen LogP contribution < -0.4 is 5.76 Å². The summed E-state index contributed by atoms with van der Waals surface area (Å²) in [5, 5.41) is -0.114. The van der Waals surface area contributed by atoms with E-state index in [9.17, 15) is 4.79 Å². The molecular formula is C15H20ClNO2. The van der Waals surface area contributed by atoms with Gasteiger partial charge in [-0.05, 0) is 29.5 Å². The van der Waals surface area contributed by atoms with Gasteiger partial charge in [0.1, 0.15) is 0 Å². The second-order valence-corrected chi connectivity index (χ2v) is 6.41. The number of halogens is 1. The first-order chi connectivity index (χ1) is 8.84. The van der Waals surface area contributed by atoms with E-state index < -0.39 is 0 Å². The maximum absolute atomic E-state index is 11.8. The van der Waals surface area contributed by atoms with Crippen LogP contribution in [0.4, 0.5) is 0 Å². The van der Waals surface area contributed by atoms with Crippen LogP contribution in [0.2, 0.25) is 0 Å². The van der Waals surface area contributed by atoms with Gasteiger partial charge >= 0.3 is 5.76 Å². The summed E-state index contributed by atoms with van der Waals surface area (Å²) in [6.07, 6.45) is 0.899. The zero-order chi connectivity index (χ0) is 14.2. The highest BCUT2D eigenvalue weighted by molar-refractivity contribution is 6.21. The monoisotopic (exact) mass is 281 g/mol. The molecule has 0 aliphatic heterocycles. The Bertz CT molecular complexity index is 634. The molecule has 19 heavy (non-hydrogen) atoms. The topological polar surface area (TPSA) is 35.1 Å². The van der Waals surface area contributed by atoms with E-state index >= 15 is 0 Å². The van der Waals surface area contributed by atoms with E-state index in [-0.39, 0.29) is 16.5 Å². The maximum atomic E-state index is 11.8. The van der Waals surface area contributed by atoms with Crippen LogP contribution in [0.1, 0.15) is 45.1 Å². The second-order valence-electron chi connectivity index (χ2n) is 5.98. The van der Waals surface area contributed by atoms with Gasteiger partial charge in [0.25, 0.3) is 0 Å². The van der Waals surface area contributed by atoms with Gasteiger partial charge in [0, 0.05) is 6.54 Å². The predicted octanol–water partition coefficient (Wildman–Crippen LogP) is 4.33. The Morgan fingerprint density at radius 2 is 2.05 bits per heavy atom. The van der Waals surface area contributed by atoms with Gasteiger partial charge in [-0.3, -0.25) is 4.57 Å². The van der Waals surface area contributed by atoms with Crippen LogP contribution in [-0.2, 0) is 6.54 Å². The molecule has 0 amide bonds. The summed E-state index contributed by atoms with van der Waals surface area (Å²) >= 11 is 6.46. The number of hydrogen-bond donors (Lipinski definition) is 0. The van der Waals surface area contributed by atoms with E-state index in [4.69, 9.17) is 16.0 Å². The molecule has 0 N–H and O–H groups in total. The summed E-state index contributed by atoms with van der Waals surface area (Å²) in [4.78, 5) is 11.8. The summed E-state index contributed by atoms with van der Waals surface area (Å²) in [6.45, 7) is 8.98. The minimum absolute atomic E-state index is 0.0402. The molecule has 104 valence electrons. The van der Waals surface area contributed by atoms with Crippen LogP contribution in [-0.4, -0.2) is 4.57 Å². The van der Waals surface area contributed by atoms with Crippen LogP contribution in [0.25, 0.3) is 11.1 Å². The number of aryl methyl sites for hydroxylation is 1. The summed E-state index contributed by atoms with van der Waals surface area (Å²) in [7, 11) is 0. The van der Waals surface area contributed by atoms with Crippen LogP contribution >= 0.6 is 11.6 Å². The minimum atomic E-state index is -0.295. The van der Waals surface area contributed by atoms with Crippen molar-refractivity contribution in [2.24, 2.45) is 5.41 Å². The first-order valence-corrected chi connectivity index (χ1v) is 7.05. The van der Waals surface area contributed by atoms with Crippen molar-refractivity contribution in [1.82, 2.24) is 4.57 Å². The average Bonchev–Trinajstić information content (AvgIpc) is 2.63. The number of alkyl halides is 1. The van der Waals surface area contributed by atoms with Gasteiger partial charge in [0.2, 0.25) is 0 Å². The van der Waals surface area contributed by atoms with Crippen molar-refractivity contribution in [2.45, 2.75) is 46.0 Å². The summed E-state index contributed by atoms with van der Waals surface area (Å²) in [6, 6.07) is 5.78. The quantitative estimate of drug-likeness (QED) is 0.785. The Hall–Kier alpha value is -1.22. The number of nitrogens with zero attached hydrogens (tertiary/aromatic N) is 1. The fourth-order valence-electron chi connectivity index (χ4n) is 2.18. The van der Waals surface area contributed by atoms with Crippen LogP contribution in [0.3, 0.4) is 0 Å². The Morgan fingerprint density at radius 3 is 2.63 bits per heavy atom. The van der Waals surface area contributed by atoms with Crippen LogP contribution in [0.15, 0.2) is 27.4 Å². The highest BCUT2D eigenvalue weighted by Crippen LogP contribution is 2.39. The molecular weight excluding hydrogens is 262 g/mol. The van der Waals surface area contributed by atoms with E-state index in [0.29, 0.717) is 12.1 Å². The molecule has 0 bridgehead atoms. The van der Waals surface area contributed by atoms with Crippen LogP contribution in [0, 0.1) is 5.41 Å². The third kappa shape index (κ3) is 2.71. The molecule has 1 heterocycles. The van der Waals surface area contributed by atoms with Gasteiger partial charge < -0.3 is 4.42 Å². The predicted molar refractivity (Wildman–Crippen MR) is 78.8 cm³/mol. The number of hydrogen-bond acceptors (Lipinski definition) is 2. The third-order valence-electron chi connectivity index (χ3n) is 3.19. The Kier molecular flexibility index (Phi) is 3.77. The summed E-state index contributed by atoms with van der Waals surface area (Å²) in [5.74, 6) is -0.295. The highest BCUT2D eigenvalue weighted by atomic mass is 35.5. The Morgan fingerprint density at radius 1 is 1.37 bits per heavy atom. The largest absolute Gasteiger partial charge is 0.419 e. The molecule has 0 spiro atoms. The minimum Gasteiger partial charge on any atom is -0.408 e. The summed E-state index contributed by atoms with van der Waals surface area (Å²) in [5.41, 5.74) is 2.40. The van der Waals surface area contributed by atoms with Gasteiger partial charge in [0.05, 0.1) is 10.9 Å². The first-order valence-electron chi connectivity index (χ1n) is 6.62. The number of benzene rings is 1. The fraction of sp³-hybridized carbons (Fsp3) is 0.533. The molecule has 3 nitrogen and oxygen atoms in total. The molecule has 2 rings (SSSR count). The van der Waals surface area contributed by atoms with Crippen molar-refractivity contribution in [2.75, 3.05) is 0 Å². The molecule has 1 aromatic carbocycles. The molecule has 2 aromatic rings. The fourth-order valence-corrected chi connectivity index (χ4v) is 2.31. The first kappa shape index (κ1) is 14.2. The molecule has 0 aliphatic rings. The number of rotatable bonds is 3. The number of fused-ring (bicyclic) bond motifs is 1. The average molecular weight is 282 g/mol. The van der Waals surface area contributed by atoms with Crippen LogP contribution in [0.5, 0.6) is 0 Å². The lowest BCUT2D eigenvalue weighted by Crippen LogP contribution is -2.14. The van der Waals surface area contributed by atoms with Crippen molar-refractivity contribution in [3.05, 3.63) is 34.3 Å². The molecule has 1 atom stereocenters. The van der Waals surface area contributed by atoms with Gasteiger partial charge in [-0.2, -0.15) is 0 Å². The molecule has 0 aliphatic carbocycles. The third-order valence-corrected chi connectivity index (χ3v) is 4.10. The van der Waals surface area contributed by atoms with E-state index in [2.05, 4.69) is 20.8 Å². The van der Waals surface area contributed by atoms with Crippen molar-refractivity contribution < 1.29 is 4.42 Å². The standard InChI is InChI=1S/C15H20ClNO2/c1-5-8-17-11-7-6-10(13(16)15(2,3)4)9-12(11)19-14(17)18/h6-7,9,13H,5,8H2,1-4H3. The molecule has 1 unspecified atom stereocenters. The summed E-state index contributed by atoms with van der Waals surface area (Å²) < 4.78 is 6.97. The van der Waals surface area contributed by atoms with Crippen molar-refractivity contribution >= 4 is 22.7 Å². The SMILES string of the molecule is CCCn1c(=O)oc2cc(C(Cl)C(C)(C)C)ccc21. The molecule has 0 radical (unpaired) electrons. The van der Waals surface area contributed by atoms with E-state index in [0.717, 1.165) is 17.5 Å². The normalized spacial score (nSPS) is 13.9. The Balaban J connectivity index is 2.51. The van der Waals surface area contributed by atoms with Gasteiger partial charge in [-0.15, -0.1) is 11.6 Å².